The van der Waals surface area contributed by atoms with Crippen LogP contribution in [0.15, 0.2) is 47.5 Å². The van der Waals surface area contributed by atoms with Crippen LogP contribution in [0.25, 0.3) is 0 Å². The van der Waals surface area contributed by atoms with Crippen molar-refractivity contribution in [2.75, 3.05) is 33.1 Å². The summed E-state index contributed by atoms with van der Waals surface area (Å²) in [6.07, 6.45) is 0.342. The molecular weight excluding hydrogens is 408 g/mol. The predicted octanol–water partition coefficient (Wildman–Crippen LogP) is 3.96. The summed E-state index contributed by atoms with van der Waals surface area (Å²) < 4.78 is 15.9. The number of aliphatic imine (C=N–C) groups is 1. The Hall–Kier alpha value is -3.42. The molecule has 8 heteroatoms. The summed E-state index contributed by atoms with van der Waals surface area (Å²) in [5.74, 6) is 2.21. The van der Waals surface area contributed by atoms with Crippen LogP contribution in [0.5, 0.6) is 11.5 Å². The van der Waals surface area contributed by atoms with Crippen LogP contribution in [0.3, 0.4) is 0 Å². The molecule has 0 bridgehead atoms. The maximum atomic E-state index is 11.9. The summed E-state index contributed by atoms with van der Waals surface area (Å²) in [5, 5.41) is 9.33. The number of amides is 1. The highest BCUT2D eigenvalue weighted by Gasteiger charge is 2.16. The number of carbonyl (C=O) groups excluding carboxylic acids is 1. The highest BCUT2D eigenvalue weighted by molar-refractivity contribution is 5.84. The number of nitrogens with one attached hydrogen (secondary N) is 3. The van der Waals surface area contributed by atoms with Crippen molar-refractivity contribution in [2.45, 2.75) is 39.3 Å². The standard InChI is InChI=1S/C24H34N4O4/c1-24(2,3)32-23(29)28-19-10-7-17(8-11-19)13-14-26-22(25-4)27-16-18-9-12-20(30-5)15-21(18)31-6/h7-12,15H,13-14,16H2,1-6H3,(H,28,29)(H2,25,26,27). The summed E-state index contributed by atoms with van der Waals surface area (Å²) >= 11 is 0. The van der Waals surface area contributed by atoms with Gasteiger partial charge in [0.05, 0.1) is 14.2 Å². The second-order valence-electron chi connectivity index (χ2n) is 8.10. The zero-order valence-corrected chi connectivity index (χ0v) is 19.7. The van der Waals surface area contributed by atoms with E-state index in [2.05, 4.69) is 20.9 Å². The zero-order valence-electron chi connectivity index (χ0n) is 19.7. The van der Waals surface area contributed by atoms with Crippen LogP contribution in [0.4, 0.5) is 10.5 Å². The highest BCUT2D eigenvalue weighted by atomic mass is 16.6. The van der Waals surface area contributed by atoms with Crippen LogP contribution in [0.1, 0.15) is 31.9 Å². The van der Waals surface area contributed by atoms with E-state index in [0.717, 1.165) is 29.0 Å². The molecule has 0 atom stereocenters. The molecule has 2 aromatic rings. The van der Waals surface area contributed by atoms with Gasteiger partial charge in [-0.05, 0) is 57.0 Å². The Balaban J connectivity index is 1.80. The molecule has 3 N–H and O–H groups in total. The first-order valence-corrected chi connectivity index (χ1v) is 10.5. The number of hydrogen-bond donors (Lipinski definition) is 3. The number of benzene rings is 2. The average molecular weight is 443 g/mol. The van der Waals surface area contributed by atoms with Crippen molar-refractivity contribution in [3.63, 3.8) is 0 Å². The summed E-state index contributed by atoms with van der Waals surface area (Å²) in [6.45, 7) is 6.77. The molecule has 2 rings (SSSR count). The number of rotatable bonds is 8. The lowest BCUT2D eigenvalue weighted by Crippen LogP contribution is -2.37. The highest BCUT2D eigenvalue weighted by Crippen LogP contribution is 2.24. The van der Waals surface area contributed by atoms with Crippen molar-refractivity contribution < 1.29 is 19.0 Å². The molecule has 0 saturated carbocycles. The fraction of sp³-hybridized carbons (Fsp3) is 0.417. The van der Waals surface area contributed by atoms with E-state index in [1.54, 1.807) is 21.3 Å². The van der Waals surface area contributed by atoms with E-state index in [9.17, 15) is 4.79 Å². The van der Waals surface area contributed by atoms with Crippen molar-refractivity contribution in [2.24, 2.45) is 4.99 Å². The van der Waals surface area contributed by atoms with Gasteiger partial charge in [0.2, 0.25) is 0 Å². The molecule has 8 nitrogen and oxygen atoms in total. The first kappa shape index (κ1) is 24.8. The van der Waals surface area contributed by atoms with Gasteiger partial charge in [0, 0.05) is 37.5 Å². The quantitative estimate of drug-likeness (QED) is 0.423. The third-order valence-electron chi connectivity index (χ3n) is 4.47. The molecule has 0 radical (unpaired) electrons. The second-order valence-corrected chi connectivity index (χ2v) is 8.10. The molecule has 0 aliphatic heterocycles. The van der Waals surface area contributed by atoms with Gasteiger partial charge in [0.1, 0.15) is 17.1 Å². The fourth-order valence-corrected chi connectivity index (χ4v) is 2.90. The number of ether oxygens (including phenoxy) is 3. The van der Waals surface area contributed by atoms with Crippen molar-refractivity contribution in [3.05, 3.63) is 53.6 Å². The Morgan fingerprint density at radius 1 is 1.00 bits per heavy atom. The van der Waals surface area contributed by atoms with Crippen molar-refractivity contribution in [1.29, 1.82) is 0 Å². The molecule has 1 amide bonds. The first-order valence-electron chi connectivity index (χ1n) is 10.5. The SMILES string of the molecule is CN=C(NCCc1ccc(NC(=O)OC(C)(C)C)cc1)NCc1ccc(OC)cc1OC. The van der Waals surface area contributed by atoms with Gasteiger partial charge in [-0.1, -0.05) is 12.1 Å². The molecular formula is C24H34N4O4. The Morgan fingerprint density at radius 3 is 2.31 bits per heavy atom. The second kappa shape index (κ2) is 11.8. The van der Waals surface area contributed by atoms with Crippen molar-refractivity contribution in [1.82, 2.24) is 10.6 Å². The Bertz CT molecular complexity index is 905. The van der Waals surface area contributed by atoms with E-state index >= 15 is 0 Å². The van der Waals surface area contributed by atoms with Crippen LogP contribution >= 0.6 is 0 Å². The van der Waals surface area contributed by atoms with Gasteiger partial charge in [-0.25, -0.2) is 4.79 Å². The lowest BCUT2D eigenvalue weighted by molar-refractivity contribution is 0.0636. The Labute approximate surface area is 190 Å². The molecule has 0 aliphatic carbocycles. The number of guanidine groups is 1. The van der Waals surface area contributed by atoms with Gasteiger partial charge in [-0.2, -0.15) is 0 Å². The topological polar surface area (TPSA) is 93.2 Å². The zero-order chi connectivity index (χ0) is 23.6. The lowest BCUT2D eigenvalue weighted by atomic mass is 10.1. The number of hydrogen-bond acceptors (Lipinski definition) is 5. The molecule has 2 aromatic carbocycles. The third kappa shape index (κ3) is 8.37. The number of methoxy groups -OCH3 is 2. The van der Waals surface area contributed by atoms with Gasteiger partial charge in [-0.3, -0.25) is 10.3 Å². The van der Waals surface area contributed by atoms with Crippen LogP contribution in [0.2, 0.25) is 0 Å². The summed E-state index contributed by atoms with van der Waals surface area (Å²) in [5.41, 5.74) is 2.31. The molecule has 0 saturated heterocycles. The van der Waals surface area contributed by atoms with E-state index in [-0.39, 0.29) is 0 Å². The summed E-state index contributed by atoms with van der Waals surface area (Å²) in [6, 6.07) is 13.4. The maximum Gasteiger partial charge on any atom is 0.412 e. The van der Waals surface area contributed by atoms with Crippen molar-refractivity contribution in [3.8, 4) is 11.5 Å². The summed E-state index contributed by atoms with van der Waals surface area (Å²) in [7, 11) is 5.00. The fourth-order valence-electron chi connectivity index (χ4n) is 2.90. The van der Waals surface area contributed by atoms with Gasteiger partial charge in [-0.15, -0.1) is 0 Å². The summed E-state index contributed by atoms with van der Waals surface area (Å²) in [4.78, 5) is 16.1. The minimum Gasteiger partial charge on any atom is -0.497 e. The van der Waals surface area contributed by atoms with E-state index < -0.39 is 11.7 Å². The smallest absolute Gasteiger partial charge is 0.412 e. The Morgan fingerprint density at radius 2 is 1.72 bits per heavy atom. The molecule has 174 valence electrons. The third-order valence-corrected chi connectivity index (χ3v) is 4.47. The van der Waals surface area contributed by atoms with E-state index in [1.165, 1.54) is 0 Å². The minimum absolute atomic E-state index is 0.463. The lowest BCUT2D eigenvalue weighted by Gasteiger charge is -2.19. The van der Waals surface area contributed by atoms with Gasteiger partial charge in [0.15, 0.2) is 5.96 Å². The van der Waals surface area contributed by atoms with Crippen LogP contribution in [-0.2, 0) is 17.7 Å². The molecule has 0 spiro atoms. The van der Waals surface area contributed by atoms with E-state index in [4.69, 9.17) is 14.2 Å². The van der Waals surface area contributed by atoms with Crippen LogP contribution < -0.4 is 25.4 Å². The predicted molar refractivity (Wildman–Crippen MR) is 128 cm³/mol. The molecule has 0 fully saturated rings. The van der Waals surface area contributed by atoms with Crippen molar-refractivity contribution >= 4 is 17.7 Å². The van der Waals surface area contributed by atoms with Gasteiger partial charge in [0.25, 0.3) is 0 Å². The normalized spacial score (nSPS) is 11.5. The van der Waals surface area contributed by atoms with Crippen LogP contribution in [-0.4, -0.2) is 45.5 Å². The molecule has 0 unspecified atom stereocenters. The first-order chi connectivity index (χ1) is 15.2. The molecule has 32 heavy (non-hydrogen) atoms. The van der Waals surface area contributed by atoms with Crippen LogP contribution in [0, 0.1) is 0 Å². The van der Waals surface area contributed by atoms with E-state index in [0.29, 0.717) is 24.7 Å². The molecule has 0 aromatic heterocycles. The monoisotopic (exact) mass is 442 g/mol. The van der Waals surface area contributed by atoms with E-state index in [1.807, 2.05) is 63.2 Å². The van der Waals surface area contributed by atoms with Gasteiger partial charge >= 0.3 is 6.09 Å². The number of carbonyl (C=O) groups is 1. The maximum absolute atomic E-state index is 11.9. The Kier molecular flexibility index (Phi) is 9.19. The number of nitrogens with zero attached hydrogens (tertiary/aromatic N) is 1. The largest absolute Gasteiger partial charge is 0.497 e. The molecule has 0 aliphatic rings. The number of anilines is 1. The van der Waals surface area contributed by atoms with Gasteiger partial charge < -0.3 is 24.8 Å². The minimum atomic E-state index is -0.527. The molecule has 0 heterocycles. The average Bonchev–Trinajstić information content (AvgIpc) is 2.75.